The third-order valence-electron chi connectivity index (χ3n) is 4.39. The molecule has 1 aromatic carbocycles. The lowest BCUT2D eigenvalue weighted by Gasteiger charge is -2.16. The summed E-state index contributed by atoms with van der Waals surface area (Å²) in [5.41, 5.74) is 2.46. The first kappa shape index (κ1) is 22.2. The maximum absolute atomic E-state index is 5.89. The largest absolute Gasteiger partial charge is 0.492 e. The van der Waals surface area contributed by atoms with Gasteiger partial charge in [0, 0.05) is 38.7 Å². The first-order valence-corrected chi connectivity index (χ1v) is 10.4. The number of ether oxygens (including phenoxy) is 2. The number of hydrogen-bond acceptors (Lipinski definition) is 5. The molecule has 0 bridgehead atoms. The maximum Gasteiger partial charge on any atom is 0.191 e. The van der Waals surface area contributed by atoms with Crippen LogP contribution < -0.4 is 15.4 Å². The average Bonchev–Trinajstić information content (AvgIpc) is 3.11. The third-order valence-corrected chi connectivity index (χ3v) is 5.41. The Morgan fingerprint density at radius 1 is 1.14 bits per heavy atom. The number of aliphatic imine (C=N–C) groups is 1. The van der Waals surface area contributed by atoms with Crippen LogP contribution in [0.3, 0.4) is 0 Å². The van der Waals surface area contributed by atoms with Crippen LogP contribution in [0.25, 0.3) is 0 Å². The Morgan fingerprint density at radius 2 is 1.93 bits per heavy atom. The van der Waals surface area contributed by atoms with E-state index in [0.717, 1.165) is 43.5 Å². The van der Waals surface area contributed by atoms with Gasteiger partial charge in [0.2, 0.25) is 0 Å². The minimum Gasteiger partial charge on any atom is -0.492 e. The van der Waals surface area contributed by atoms with Gasteiger partial charge in [0.15, 0.2) is 5.96 Å². The second-order valence-corrected chi connectivity index (χ2v) is 7.60. The van der Waals surface area contributed by atoms with Gasteiger partial charge in [-0.25, -0.2) is 0 Å². The fraction of sp³-hybridized carbons (Fsp3) is 0.476. The standard InChI is InChI=1S/C21H32N4O2S/c1-17-8-13-28-20(17)16-24-21(22-2)23-15-18-6-5-7-19(14-18)27-12-10-25(3)9-11-26-4/h5-8,13-14H,9-12,15-16H2,1-4H3,(H2,22,23,24). The van der Waals surface area contributed by atoms with E-state index in [4.69, 9.17) is 9.47 Å². The van der Waals surface area contributed by atoms with Gasteiger partial charge in [0.25, 0.3) is 0 Å². The van der Waals surface area contributed by atoms with Gasteiger partial charge in [-0.05, 0) is 48.7 Å². The Hall–Kier alpha value is -2.09. The summed E-state index contributed by atoms with van der Waals surface area (Å²) in [4.78, 5) is 7.82. The molecule has 0 saturated carbocycles. The van der Waals surface area contributed by atoms with Crippen molar-refractivity contribution >= 4 is 17.3 Å². The molecule has 1 heterocycles. The second-order valence-electron chi connectivity index (χ2n) is 6.60. The van der Waals surface area contributed by atoms with Crippen LogP contribution in [0.2, 0.25) is 0 Å². The smallest absolute Gasteiger partial charge is 0.191 e. The molecule has 0 aliphatic rings. The van der Waals surface area contributed by atoms with E-state index in [9.17, 15) is 0 Å². The SMILES string of the molecule is CN=C(NCc1cccc(OCCN(C)CCOC)c1)NCc1sccc1C. The van der Waals surface area contributed by atoms with Crippen molar-refractivity contribution in [3.05, 3.63) is 51.7 Å². The molecule has 0 atom stereocenters. The molecular weight excluding hydrogens is 372 g/mol. The molecule has 7 heteroatoms. The molecule has 0 unspecified atom stereocenters. The fourth-order valence-electron chi connectivity index (χ4n) is 2.58. The summed E-state index contributed by atoms with van der Waals surface area (Å²) in [5, 5.41) is 8.84. The topological polar surface area (TPSA) is 58.1 Å². The van der Waals surface area contributed by atoms with Crippen LogP contribution in [-0.2, 0) is 17.8 Å². The molecule has 0 amide bonds. The van der Waals surface area contributed by atoms with E-state index in [1.54, 1.807) is 25.5 Å². The van der Waals surface area contributed by atoms with Crippen molar-refractivity contribution in [1.82, 2.24) is 15.5 Å². The van der Waals surface area contributed by atoms with Crippen molar-refractivity contribution in [2.24, 2.45) is 4.99 Å². The predicted molar refractivity (Wildman–Crippen MR) is 117 cm³/mol. The summed E-state index contributed by atoms with van der Waals surface area (Å²) in [6.07, 6.45) is 0. The van der Waals surface area contributed by atoms with E-state index < -0.39 is 0 Å². The Balaban J connectivity index is 1.75. The van der Waals surface area contributed by atoms with Crippen LogP contribution in [0.5, 0.6) is 5.75 Å². The van der Waals surface area contributed by atoms with E-state index in [1.165, 1.54) is 10.4 Å². The lowest BCUT2D eigenvalue weighted by Crippen LogP contribution is -2.36. The highest BCUT2D eigenvalue weighted by molar-refractivity contribution is 7.10. The number of rotatable bonds is 11. The number of hydrogen-bond donors (Lipinski definition) is 2. The molecule has 2 N–H and O–H groups in total. The average molecular weight is 405 g/mol. The van der Waals surface area contributed by atoms with E-state index in [1.807, 2.05) is 12.1 Å². The van der Waals surface area contributed by atoms with Gasteiger partial charge in [-0.2, -0.15) is 0 Å². The maximum atomic E-state index is 5.89. The zero-order valence-electron chi connectivity index (χ0n) is 17.3. The number of methoxy groups -OCH3 is 1. The molecule has 0 aliphatic heterocycles. The van der Waals surface area contributed by atoms with Gasteiger partial charge in [0.1, 0.15) is 12.4 Å². The highest BCUT2D eigenvalue weighted by Gasteiger charge is 2.04. The number of aryl methyl sites for hydroxylation is 1. The van der Waals surface area contributed by atoms with Crippen molar-refractivity contribution < 1.29 is 9.47 Å². The van der Waals surface area contributed by atoms with Crippen LogP contribution in [0, 0.1) is 6.92 Å². The van der Waals surface area contributed by atoms with Crippen molar-refractivity contribution in [1.29, 1.82) is 0 Å². The van der Waals surface area contributed by atoms with Gasteiger partial charge < -0.3 is 25.0 Å². The van der Waals surface area contributed by atoms with E-state index in [-0.39, 0.29) is 0 Å². The molecular formula is C21H32N4O2S. The molecule has 1 aromatic heterocycles. The summed E-state index contributed by atoms with van der Waals surface area (Å²) in [7, 11) is 5.58. The minimum absolute atomic E-state index is 0.653. The number of nitrogens with zero attached hydrogens (tertiary/aromatic N) is 2. The Kier molecular flexibility index (Phi) is 9.82. The molecule has 0 aliphatic carbocycles. The fourth-order valence-corrected chi connectivity index (χ4v) is 3.42. The van der Waals surface area contributed by atoms with E-state index in [2.05, 4.69) is 58.1 Å². The number of thiophene rings is 1. The van der Waals surface area contributed by atoms with E-state index >= 15 is 0 Å². The molecule has 2 aromatic rings. The van der Waals surface area contributed by atoms with Gasteiger partial charge in [-0.3, -0.25) is 4.99 Å². The van der Waals surface area contributed by atoms with Crippen LogP contribution in [0.4, 0.5) is 0 Å². The van der Waals surface area contributed by atoms with Crippen LogP contribution in [0.15, 0.2) is 40.7 Å². The van der Waals surface area contributed by atoms with Crippen molar-refractivity contribution in [2.75, 3.05) is 47.5 Å². The van der Waals surface area contributed by atoms with Gasteiger partial charge in [-0.1, -0.05) is 12.1 Å². The first-order valence-electron chi connectivity index (χ1n) is 9.49. The summed E-state index contributed by atoms with van der Waals surface area (Å²) in [6, 6.07) is 10.3. The number of guanidine groups is 1. The number of nitrogens with one attached hydrogen (secondary N) is 2. The molecule has 0 radical (unpaired) electrons. The third kappa shape index (κ3) is 7.88. The lowest BCUT2D eigenvalue weighted by molar-refractivity contribution is 0.150. The molecule has 2 rings (SSSR count). The summed E-state index contributed by atoms with van der Waals surface area (Å²) < 4.78 is 11.0. The first-order chi connectivity index (χ1) is 13.6. The molecule has 0 saturated heterocycles. The summed E-state index contributed by atoms with van der Waals surface area (Å²) >= 11 is 1.76. The predicted octanol–water partition coefficient (Wildman–Crippen LogP) is 2.88. The molecule has 28 heavy (non-hydrogen) atoms. The van der Waals surface area contributed by atoms with Crippen molar-refractivity contribution in [3.8, 4) is 5.75 Å². The van der Waals surface area contributed by atoms with Gasteiger partial charge in [0.05, 0.1) is 13.2 Å². The van der Waals surface area contributed by atoms with E-state index in [0.29, 0.717) is 13.2 Å². The Labute approximate surface area is 172 Å². The molecule has 0 fully saturated rings. The summed E-state index contributed by atoms with van der Waals surface area (Å²) in [6.45, 7) is 6.76. The lowest BCUT2D eigenvalue weighted by atomic mass is 10.2. The number of benzene rings is 1. The Bertz CT molecular complexity index is 733. The highest BCUT2D eigenvalue weighted by atomic mass is 32.1. The molecule has 6 nitrogen and oxygen atoms in total. The zero-order valence-corrected chi connectivity index (χ0v) is 18.1. The van der Waals surface area contributed by atoms with Crippen LogP contribution in [0.1, 0.15) is 16.0 Å². The van der Waals surface area contributed by atoms with Crippen LogP contribution >= 0.6 is 11.3 Å². The highest BCUT2D eigenvalue weighted by Crippen LogP contribution is 2.15. The van der Waals surface area contributed by atoms with Gasteiger partial charge in [-0.15, -0.1) is 11.3 Å². The number of likely N-dealkylation sites (N-methyl/N-ethyl adjacent to an activating group) is 1. The summed E-state index contributed by atoms with van der Waals surface area (Å²) in [5.74, 6) is 1.68. The molecule has 154 valence electrons. The van der Waals surface area contributed by atoms with Crippen molar-refractivity contribution in [2.45, 2.75) is 20.0 Å². The van der Waals surface area contributed by atoms with Crippen LogP contribution in [-0.4, -0.2) is 58.4 Å². The Morgan fingerprint density at radius 3 is 2.64 bits per heavy atom. The minimum atomic E-state index is 0.653. The molecule has 0 spiro atoms. The quantitative estimate of drug-likeness (QED) is 0.446. The monoisotopic (exact) mass is 404 g/mol. The van der Waals surface area contributed by atoms with Crippen molar-refractivity contribution in [3.63, 3.8) is 0 Å². The van der Waals surface area contributed by atoms with Gasteiger partial charge >= 0.3 is 0 Å². The second kappa shape index (κ2) is 12.4. The normalized spacial score (nSPS) is 11.7. The zero-order chi connectivity index (χ0) is 20.2.